The molecular formula is C14H11BrClN3. The molecule has 0 aliphatic heterocycles. The maximum atomic E-state index is 6.36. The number of nitrogens with zero attached hydrogens (tertiary/aromatic N) is 2. The molecule has 3 nitrogen and oxygen atoms in total. The van der Waals surface area contributed by atoms with Crippen molar-refractivity contribution < 1.29 is 0 Å². The first-order valence-electron chi connectivity index (χ1n) is 6.24. The van der Waals surface area contributed by atoms with Gasteiger partial charge in [-0.1, -0.05) is 17.7 Å². The van der Waals surface area contributed by atoms with Gasteiger partial charge in [0.2, 0.25) is 0 Å². The molecule has 1 fully saturated rings. The van der Waals surface area contributed by atoms with E-state index >= 15 is 0 Å². The van der Waals surface area contributed by atoms with E-state index in [1.807, 2.05) is 29.2 Å². The summed E-state index contributed by atoms with van der Waals surface area (Å²) in [6, 6.07) is 3.92. The van der Waals surface area contributed by atoms with Gasteiger partial charge in [-0.25, -0.2) is 4.68 Å². The lowest BCUT2D eigenvalue weighted by molar-refractivity contribution is 0.885. The molecule has 0 saturated heterocycles. The molecule has 1 saturated carbocycles. The number of hydrogen-bond donors (Lipinski definition) is 1. The molecule has 3 aromatic rings. The maximum absolute atomic E-state index is 6.36. The van der Waals surface area contributed by atoms with Crippen molar-refractivity contribution in [2.45, 2.75) is 18.8 Å². The Labute approximate surface area is 123 Å². The fourth-order valence-corrected chi connectivity index (χ4v) is 3.12. The highest BCUT2D eigenvalue weighted by molar-refractivity contribution is 9.10. The lowest BCUT2D eigenvalue weighted by Crippen LogP contribution is -1.96. The summed E-state index contributed by atoms with van der Waals surface area (Å²) < 4.78 is 2.91. The normalized spacial score (nSPS) is 15.3. The van der Waals surface area contributed by atoms with Crippen molar-refractivity contribution in [3.63, 3.8) is 0 Å². The van der Waals surface area contributed by atoms with Crippen molar-refractivity contribution in [2.24, 2.45) is 0 Å². The Hall–Kier alpha value is -1.26. The van der Waals surface area contributed by atoms with Crippen molar-refractivity contribution in [1.29, 1.82) is 0 Å². The number of rotatable bonds is 2. The molecule has 1 aliphatic rings. The Morgan fingerprint density at radius 3 is 3.00 bits per heavy atom. The zero-order chi connectivity index (χ0) is 13.0. The van der Waals surface area contributed by atoms with Crippen LogP contribution in [0.2, 0.25) is 5.02 Å². The van der Waals surface area contributed by atoms with Crippen LogP contribution < -0.4 is 0 Å². The van der Waals surface area contributed by atoms with Crippen LogP contribution in [0.15, 0.2) is 35.2 Å². The van der Waals surface area contributed by atoms with Crippen molar-refractivity contribution >= 4 is 38.4 Å². The van der Waals surface area contributed by atoms with Gasteiger partial charge in [-0.3, -0.25) is 0 Å². The summed E-state index contributed by atoms with van der Waals surface area (Å²) in [7, 11) is 0. The van der Waals surface area contributed by atoms with E-state index in [0.717, 1.165) is 21.1 Å². The van der Waals surface area contributed by atoms with Crippen molar-refractivity contribution in [3.8, 4) is 5.69 Å². The smallest absolute Gasteiger partial charge is 0.107 e. The van der Waals surface area contributed by atoms with Crippen LogP contribution in [-0.2, 0) is 0 Å². The zero-order valence-electron chi connectivity index (χ0n) is 10.0. The minimum absolute atomic E-state index is 0.696. The van der Waals surface area contributed by atoms with Gasteiger partial charge in [0, 0.05) is 22.3 Å². The second-order valence-electron chi connectivity index (χ2n) is 4.95. The first-order chi connectivity index (χ1) is 9.24. The number of aromatic nitrogens is 3. The highest BCUT2D eigenvalue weighted by Crippen LogP contribution is 2.40. The first-order valence-corrected chi connectivity index (χ1v) is 7.41. The van der Waals surface area contributed by atoms with Gasteiger partial charge >= 0.3 is 0 Å². The second kappa shape index (κ2) is 4.12. The predicted molar refractivity (Wildman–Crippen MR) is 80.1 cm³/mol. The van der Waals surface area contributed by atoms with Gasteiger partial charge in [0.05, 0.1) is 16.7 Å². The average molecular weight is 337 g/mol. The van der Waals surface area contributed by atoms with E-state index in [1.54, 1.807) is 0 Å². The zero-order valence-corrected chi connectivity index (χ0v) is 12.4. The lowest BCUT2D eigenvalue weighted by Gasteiger charge is -2.06. The Bertz CT molecular complexity index is 770. The molecular weight excluding hydrogens is 326 g/mol. The molecule has 0 spiro atoms. The van der Waals surface area contributed by atoms with Crippen LogP contribution in [0.4, 0.5) is 0 Å². The highest BCUT2D eigenvalue weighted by Gasteiger charge is 2.25. The van der Waals surface area contributed by atoms with Crippen LogP contribution in [0.25, 0.3) is 16.6 Å². The minimum atomic E-state index is 0.696. The molecule has 0 radical (unpaired) electrons. The van der Waals surface area contributed by atoms with E-state index in [1.165, 1.54) is 18.4 Å². The van der Waals surface area contributed by atoms with E-state index in [0.29, 0.717) is 10.9 Å². The molecule has 96 valence electrons. The summed E-state index contributed by atoms with van der Waals surface area (Å²) in [5, 5.41) is 6.28. The Kier molecular flexibility index (Phi) is 2.50. The molecule has 0 unspecified atom stereocenters. The number of fused-ring (bicyclic) bond motifs is 1. The van der Waals surface area contributed by atoms with Gasteiger partial charge in [0.1, 0.15) is 5.69 Å². The van der Waals surface area contributed by atoms with E-state index in [2.05, 4.69) is 32.2 Å². The standard InChI is InChI=1S/C14H11BrClN3/c15-11-6-17-13-10(11)3-4-12(16)14(13)19-7-9(5-18-19)8-1-2-8/h3-8,17H,1-2H2. The Morgan fingerprint density at radius 1 is 1.37 bits per heavy atom. The van der Waals surface area contributed by atoms with Gasteiger partial charge in [-0.2, -0.15) is 5.10 Å². The summed E-state index contributed by atoms with van der Waals surface area (Å²) >= 11 is 9.89. The molecule has 0 bridgehead atoms. The number of nitrogens with one attached hydrogen (secondary N) is 1. The van der Waals surface area contributed by atoms with Gasteiger partial charge in [0.25, 0.3) is 0 Å². The Balaban J connectivity index is 1.94. The molecule has 2 heterocycles. The monoisotopic (exact) mass is 335 g/mol. The van der Waals surface area contributed by atoms with E-state index in [9.17, 15) is 0 Å². The first kappa shape index (κ1) is 11.6. The quantitative estimate of drug-likeness (QED) is 0.726. The maximum Gasteiger partial charge on any atom is 0.107 e. The average Bonchev–Trinajstić information content (AvgIpc) is 3.03. The molecule has 19 heavy (non-hydrogen) atoms. The number of halogens is 2. The number of H-pyrrole nitrogens is 1. The van der Waals surface area contributed by atoms with Crippen LogP contribution in [-0.4, -0.2) is 14.8 Å². The van der Waals surface area contributed by atoms with Crippen LogP contribution >= 0.6 is 27.5 Å². The molecule has 1 aliphatic carbocycles. The van der Waals surface area contributed by atoms with Crippen LogP contribution in [0.1, 0.15) is 24.3 Å². The summed E-state index contributed by atoms with van der Waals surface area (Å²) in [6.45, 7) is 0. The van der Waals surface area contributed by atoms with E-state index in [4.69, 9.17) is 11.6 Å². The molecule has 1 aromatic carbocycles. The van der Waals surface area contributed by atoms with Crippen molar-refractivity contribution in [1.82, 2.24) is 14.8 Å². The number of benzene rings is 1. The number of aromatic amines is 1. The number of hydrogen-bond acceptors (Lipinski definition) is 1. The predicted octanol–water partition coefficient (Wildman–Crippen LogP) is 4.65. The molecule has 0 amide bonds. The van der Waals surface area contributed by atoms with Gasteiger partial charge in [-0.05, 0) is 46.3 Å². The van der Waals surface area contributed by atoms with Crippen LogP contribution in [0.5, 0.6) is 0 Å². The largest absolute Gasteiger partial charge is 0.358 e. The van der Waals surface area contributed by atoms with Crippen molar-refractivity contribution in [3.05, 3.63) is 45.8 Å². The van der Waals surface area contributed by atoms with Crippen LogP contribution in [0.3, 0.4) is 0 Å². The van der Waals surface area contributed by atoms with E-state index in [-0.39, 0.29) is 0 Å². The van der Waals surface area contributed by atoms with Crippen molar-refractivity contribution in [2.75, 3.05) is 0 Å². The SMILES string of the molecule is Clc1ccc2c(Br)c[nH]c2c1-n1cc(C2CC2)cn1. The second-order valence-corrected chi connectivity index (χ2v) is 6.21. The van der Waals surface area contributed by atoms with Gasteiger partial charge in [0.15, 0.2) is 0 Å². The summed E-state index contributed by atoms with van der Waals surface area (Å²) in [4.78, 5) is 3.26. The third kappa shape index (κ3) is 1.82. The minimum Gasteiger partial charge on any atom is -0.358 e. The molecule has 2 aromatic heterocycles. The summed E-state index contributed by atoms with van der Waals surface area (Å²) in [5.41, 5.74) is 3.22. The third-order valence-corrected chi connectivity index (χ3v) is 4.57. The molecule has 4 rings (SSSR count). The summed E-state index contributed by atoms with van der Waals surface area (Å²) in [6.07, 6.45) is 8.52. The van der Waals surface area contributed by atoms with E-state index < -0.39 is 0 Å². The van der Waals surface area contributed by atoms with Gasteiger partial charge < -0.3 is 4.98 Å². The third-order valence-electron chi connectivity index (χ3n) is 3.61. The molecule has 5 heteroatoms. The summed E-state index contributed by atoms with van der Waals surface area (Å²) in [5.74, 6) is 0.696. The molecule has 1 N–H and O–H groups in total. The topological polar surface area (TPSA) is 33.6 Å². The molecule has 0 atom stereocenters. The van der Waals surface area contributed by atoms with Gasteiger partial charge in [-0.15, -0.1) is 0 Å². The fraction of sp³-hybridized carbons (Fsp3) is 0.214. The fourth-order valence-electron chi connectivity index (χ4n) is 2.43. The van der Waals surface area contributed by atoms with Crippen LogP contribution in [0, 0.1) is 0 Å². The lowest BCUT2D eigenvalue weighted by atomic mass is 10.2. The Morgan fingerprint density at radius 2 is 2.21 bits per heavy atom. The highest BCUT2D eigenvalue weighted by atomic mass is 79.9.